The summed E-state index contributed by atoms with van der Waals surface area (Å²) in [4.78, 5) is 12.3. The lowest BCUT2D eigenvalue weighted by molar-refractivity contribution is -0.186. The zero-order chi connectivity index (χ0) is 13.3. The second-order valence-electron chi connectivity index (χ2n) is 4.65. The van der Waals surface area contributed by atoms with Gasteiger partial charge in [0.15, 0.2) is 0 Å². The van der Waals surface area contributed by atoms with E-state index in [1.807, 2.05) is 19.1 Å². The molecule has 0 aromatic heterocycles. The molecule has 2 rings (SSSR count). The molecule has 1 aromatic rings. The molecule has 1 amide bonds. The Balaban J connectivity index is 2.12. The van der Waals surface area contributed by atoms with Gasteiger partial charge in [0.25, 0.3) is 0 Å². The Morgan fingerprint density at radius 2 is 1.83 bits per heavy atom. The van der Waals surface area contributed by atoms with Crippen LogP contribution in [-0.2, 0) is 11.3 Å². The summed E-state index contributed by atoms with van der Waals surface area (Å²) in [6, 6.07) is 6.93. The van der Waals surface area contributed by atoms with E-state index in [4.69, 9.17) is 0 Å². The summed E-state index contributed by atoms with van der Waals surface area (Å²) in [6.07, 6.45) is -3.46. The highest BCUT2D eigenvalue weighted by Gasteiger charge is 2.46. The Bertz CT molecular complexity index is 435. The molecule has 1 aliphatic rings. The summed E-state index contributed by atoms with van der Waals surface area (Å²) in [5.41, 5.74) is 1.77. The molecule has 18 heavy (non-hydrogen) atoms. The Labute approximate surface area is 103 Å². The number of hydrogen-bond donors (Lipinski definition) is 0. The highest BCUT2D eigenvalue weighted by atomic mass is 19.4. The van der Waals surface area contributed by atoms with Gasteiger partial charge in [-0.05, 0) is 25.3 Å². The monoisotopic (exact) mass is 257 g/mol. The molecule has 0 spiro atoms. The Morgan fingerprint density at radius 1 is 1.28 bits per heavy atom. The molecule has 1 aliphatic carbocycles. The maximum absolute atomic E-state index is 12.5. The van der Waals surface area contributed by atoms with Gasteiger partial charge in [-0.1, -0.05) is 29.8 Å². The molecule has 5 heteroatoms. The van der Waals surface area contributed by atoms with Gasteiger partial charge in [-0.3, -0.25) is 4.79 Å². The minimum Gasteiger partial charge on any atom is -0.328 e. The number of rotatable bonds is 3. The molecule has 1 saturated carbocycles. The maximum atomic E-state index is 12.5. The number of carbonyl (C=O) groups excluding carboxylic acids is 1. The van der Waals surface area contributed by atoms with Crippen molar-refractivity contribution in [2.75, 3.05) is 0 Å². The lowest BCUT2D eigenvalue weighted by atomic mass is 10.1. The van der Waals surface area contributed by atoms with Crippen LogP contribution >= 0.6 is 0 Å². The van der Waals surface area contributed by atoms with Crippen molar-refractivity contribution in [3.8, 4) is 0 Å². The van der Waals surface area contributed by atoms with E-state index in [-0.39, 0.29) is 12.6 Å². The van der Waals surface area contributed by atoms with Crippen LogP contribution in [0.25, 0.3) is 0 Å². The van der Waals surface area contributed by atoms with E-state index in [1.54, 1.807) is 12.1 Å². The third-order valence-corrected chi connectivity index (χ3v) is 2.96. The van der Waals surface area contributed by atoms with Crippen LogP contribution < -0.4 is 0 Å². The lowest BCUT2D eigenvalue weighted by Crippen LogP contribution is -2.42. The molecule has 0 bridgehead atoms. The van der Waals surface area contributed by atoms with Gasteiger partial charge in [0, 0.05) is 12.6 Å². The SMILES string of the molecule is Cc1ccc(CN(C(=O)C(F)(F)F)C2CC2)cc1. The number of nitrogens with zero attached hydrogens (tertiary/aromatic N) is 1. The molecular formula is C13H14F3NO. The van der Waals surface area contributed by atoms with Crippen molar-refractivity contribution >= 4 is 5.91 Å². The minimum absolute atomic E-state index is 0.0310. The summed E-state index contributed by atoms with van der Waals surface area (Å²) in [6.45, 7) is 1.94. The van der Waals surface area contributed by atoms with E-state index in [1.165, 1.54) is 0 Å². The summed E-state index contributed by atoms with van der Waals surface area (Å²) < 4.78 is 37.4. The molecule has 98 valence electrons. The van der Waals surface area contributed by atoms with Crippen molar-refractivity contribution in [2.45, 2.75) is 38.5 Å². The Hall–Kier alpha value is -1.52. The van der Waals surface area contributed by atoms with Gasteiger partial charge in [0.05, 0.1) is 0 Å². The van der Waals surface area contributed by atoms with E-state index in [9.17, 15) is 18.0 Å². The third-order valence-electron chi connectivity index (χ3n) is 2.96. The number of carbonyl (C=O) groups is 1. The summed E-state index contributed by atoms with van der Waals surface area (Å²) in [7, 11) is 0. The number of benzene rings is 1. The average molecular weight is 257 g/mol. The van der Waals surface area contributed by atoms with Crippen LogP contribution in [0, 0.1) is 6.92 Å². The topological polar surface area (TPSA) is 20.3 Å². The summed E-state index contributed by atoms with van der Waals surface area (Å²) >= 11 is 0. The second kappa shape index (κ2) is 4.63. The number of amides is 1. The second-order valence-corrected chi connectivity index (χ2v) is 4.65. The summed E-state index contributed by atoms with van der Waals surface area (Å²) in [5, 5.41) is 0. The van der Waals surface area contributed by atoms with Crippen LogP contribution in [-0.4, -0.2) is 23.0 Å². The average Bonchev–Trinajstić information content (AvgIpc) is 3.10. The highest BCUT2D eigenvalue weighted by Crippen LogP contribution is 2.32. The Kier molecular flexibility index (Phi) is 3.32. The molecule has 0 unspecified atom stereocenters. The number of aryl methyl sites for hydroxylation is 1. The normalized spacial score (nSPS) is 15.6. The van der Waals surface area contributed by atoms with E-state index < -0.39 is 12.1 Å². The van der Waals surface area contributed by atoms with E-state index in [2.05, 4.69) is 0 Å². The fourth-order valence-electron chi connectivity index (χ4n) is 1.81. The van der Waals surface area contributed by atoms with E-state index >= 15 is 0 Å². The van der Waals surface area contributed by atoms with Crippen LogP contribution in [0.1, 0.15) is 24.0 Å². The van der Waals surface area contributed by atoms with Crippen molar-refractivity contribution in [3.05, 3.63) is 35.4 Å². The molecule has 0 heterocycles. The van der Waals surface area contributed by atoms with E-state index in [0.717, 1.165) is 16.0 Å². The largest absolute Gasteiger partial charge is 0.471 e. The standard InChI is InChI=1S/C13H14F3NO/c1-9-2-4-10(5-3-9)8-17(11-6-7-11)12(18)13(14,15)16/h2-5,11H,6-8H2,1H3. The molecule has 0 radical (unpaired) electrons. The predicted molar refractivity (Wildman–Crippen MR) is 60.8 cm³/mol. The van der Waals surface area contributed by atoms with Crippen molar-refractivity contribution < 1.29 is 18.0 Å². The van der Waals surface area contributed by atoms with Gasteiger partial charge in [0.1, 0.15) is 0 Å². The molecule has 0 saturated heterocycles. The molecule has 2 nitrogen and oxygen atoms in total. The zero-order valence-corrected chi connectivity index (χ0v) is 10.00. The van der Waals surface area contributed by atoms with Crippen molar-refractivity contribution in [1.82, 2.24) is 4.90 Å². The fraction of sp³-hybridized carbons (Fsp3) is 0.462. The van der Waals surface area contributed by atoms with Crippen LogP contribution in [0.4, 0.5) is 13.2 Å². The van der Waals surface area contributed by atoms with Crippen LogP contribution in [0.5, 0.6) is 0 Å². The van der Waals surface area contributed by atoms with Crippen molar-refractivity contribution in [1.29, 1.82) is 0 Å². The quantitative estimate of drug-likeness (QED) is 0.815. The molecule has 0 aliphatic heterocycles. The van der Waals surface area contributed by atoms with Gasteiger partial charge in [0.2, 0.25) is 0 Å². The van der Waals surface area contributed by atoms with Gasteiger partial charge < -0.3 is 4.90 Å². The van der Waals surface area contributed by atoms with Crippen molar-refractivity contribution in [3.63, 3.8) is 0 Å². The van der Waals surface area contributed by atoms with Gasteiger partial charge in [-0.25, -0.2) is 0 Å². The van der Waals surface area contributed by atoms with Crippen LogP contribution in [0.2, 0.25) is 0 Å². The summed E-state index contributed by atoms with van der Waals surface area (Å²) in [5.74, 6) is -1.73. The first-order valence-corrected chi connectivity index (χ1v) is 5.81. The first-order chi connectivity index (χ1) is 8.38. The van der Waals surface area contributed by atoms with Gasteiger partial charge in [-0.2, -0.15) is 13.2 Å². The number of halogens is 3. The zero-order valence-electron chi connectivity index (χ0n) is 10.00. The van der Waals surface area contributed by atoms with Gasteiger partial charge >= 0.3 is 12.1 Å². The van der Waals surface area contributed by atoms with E-state index in [0.29, 0.717) is 12.8 Å². The third kappa shape index (κ3) is 3.03. The van der Waals surface area contributed by atoms with Gasteiger partial charge in [-0.15, -0.1) is 0 Å². The van der Waals surface area contributed by atoms with Crippen LogP contribution in [0.3, 0.4) is 0 Å². The number of alkyl halides is 3. The highest BCUT2D eigenvalue weighted by molar-refractivity contribution is 5.82. The molecule has 1 aromatic carbocycles. The van der Waals surface area contributed by atoms with Crippen LogP contribution in [0.15, 0.2) is 24.3 Å². The first-order valence-electron chi connectivity index (χ1n) is 5.81. The molecule has 0 atom stereocenters. The smallest absolute Gasteiger partial charge is 0.328 e. The number of hydrogen-bond acceptors (Lipinski definition) is 1. The van der Waals surface area contributed by atoms with Crippen molar-refractivity contribution in [2.24, 2.45) is 0 Å². The molecule has 0 N–H and O–H groups in total. The predicted octanol–water partition coefficient (Wildman–Crippen LogP) is 3.05. The Morgan fingerprint density at radius 3 is 2.28 bits per heavy atom. The minimum atomic E-state index is -4.78. The maximum Gasteiger partial charge on any atom is 0.471 e. The molecular weight excluding hydrogens is 243 g/mol. The first kappa shape index (κ1) is 12.9. The lowest BCUT2D eigenvalue weighted by Gasteiger charge is -2.23. The fourth-order valence-corrected chi connectivity index (χ4v) is 1.81. The molecule has 1 fully saturated rings.